The maximum atomic E-state index is 12.9. The highest BCUT2D eigenvalue weighted by molar-refractivity contribution is 5.93. The van der Waals surface area contributed by atoms with E-state index >= 15 is 0 Å². The fraction of sp³-hybridized carbons (Fsp3) is 0.250. The summed E-state index contributed by atoms with van der Waals surface area (Å²) >= 11 is 0. The summed E-state index contributed by atoms with van der Waals surface area (Å²) < 4.78 is 11.7. The normalized spacial score (nSPS) is 13.3. The average molecular weight is 493 g/mol. The van der Waals surface area contributed by atoms with Crippen molar-refractivity contribution < 1.29 is 14.3 Å². The molecule has 0 unspecified atom stereocenters. The van der Waals surface area contributed by atoms with Gasteiger partial charge in [-0.25, -0.2) is 4.79 Å². The summed E-state index contributed by atoms with van der Waals surface area (Å²) in [6, 6.07) is 29.3. The van der Waals surface area contributed by atoms with Crippen LogP contribution in [0.3, 0.4) is 0 Å². The van der Waals surface area contributed by atoms with Gasteiger partial charge in [0.1, 0.15) is 24.5 Å². The highest BCUT2D eigenvalue weighted by atomic mass is 16.5. The van der Waals surface area contributed by atoms with Gasteiger partial charge in [0.25, 0.3) is 0 Å². The van der Waals surface area contributed by atoms with Crippen LogP contribution in [0.25, 0.3) is 0 Å². The summed E-state index contributed by atoms with van der Waals surface area (Å²) in [5.74, 6) is 0.729. The second-order valence-corrected chi connectivity index (χ2v) is 9.46. The zero-order valence-corrected chi connectivity index (χ0v) is 20.9. The van der Waals surface area contributed by atoms with Crippen LogP contribution in [0, 0.1) is 0 Å². The van der Waals surface area contributed by atoms with Crippen LogP contribution in [0.2, 0.25) is 0 Å². The second-order valence-electron chi connectivity index (χ2n) is 9.46. The van der Waals surface area contributed by atoms with Crippen molar-refractivity contribution in [2.24, 2.45) is 0 Å². The number of hydrogen-bond donors (Lipinski definition) is 1. The fourth-order valence-corrected chi connectivity index (χ4v) is 4.69. The lowest BCUT2D eigenvalue weighted by molar-refractivity contribution is 0.0467. The van der Waals surface area contributed by atoms with Gasteiger partial charge < -0.3 is 14.8 Å². The van der Waals surface area contributed by atoms with Crippen molar-refractivity contribution in [2.45, 2.75) is 51.4 Å². The minimum Gasteiger partial charge on any atom is -0.488 e. The minimum absolute atomic E-state index is 0.209. The van der Waals surface area contributed by atoms with Crippen LogP contribution in [0.1, 0.15) is 64.3 Å². The van der Waals surface area contributed by atoms with E-state index in [2.05, 4.69) is 22.4 Å². The Morgan fingerprint density at radius 3 is 2.22 bits per heavy atom. The van der Waals surface area contributed by atoms with Crippen molar-refractivity contribution in [1.82, 2.24) is 4.98 Å². The third-order valence-electron chi connectivity index (χ3n) is 6.80. The van der Waals surface area contributed by atoms with Gasteiger partial charge in [-0.15, -0.1) is 0 Å². The Bertz CT molecular complexity index is 1280. The molecule has 0 saturated heterocycles. The molecule has 5 rings (SSSR count). The van der Waals surface area contributed by atoms with Crippen LogP contribution < -0.4 is 10.1 Å². The molecule has 1 heterocycles. The molecular formula is C32H32N2O3. The van der Waals surface area contributed by atoms with Crippen molar-refractivity contribution in [3.8, 4) is 5.75 Å². The number of hydrogen-bond acceptors (Lipinski definition) is 5. The number of carbonyl (C=O) groups excluding carboxylic acids is 1. The van der Waals surface area contributed by atoms with Crippen molar-refractivity contribution >= 4 is 11.7 Å². The van der Waals surface area contributed by atoms with Crippen molar-refractivity contribution in [2.75, 3.05) is 5.32 Å². The molecule has 0 amide bonds. The number of nitrogens with zero attached hydrogens (tertiary/aromatic N) is 1. The molecule has 1 N–H and O–H groups in total. The van der Waals surface area contributed by atoms with E-state index in [4.69, 9.17) is 9.47 Å². The topological polar surface area (TPSA) is 60.5 Å². The first-order chi connectivity index (χ1) is 18.2. The lowest BCUT2D eigenvalue weighted by Crippen LogP contribution is -2.09. The first-order valence-electron chi connectivity index (χ1n) is 12.9. The fourth-order valence-electron chi connectivity index (χ4n) is 4.69. The summed E-state index contributed by atoms with van der Waals surface area (Å²) in [4.78, 5) is 17.6. The average Bonchev–Trinajstić information content (AvgIpc) is 3.50. The Morgan fingerprint density at radius 1 is 0.838 bits per heavy atom. The molecule has 188 valence electrons. The van der Waals surface area contributed by atoms with Crippen molar-refractivity contribution in [1.29, 1.82) is 0 Å². The monoisotopic (exact) mass is 492 g/mol. The number of pyridine rings is 1. The zero-order chi connectivity index (χ0) is 25.3. The molecule has 0 aliphatic heterocycles. The second kappa shape index (κ2) is 12.2. The van der Waals surface area contributed by atoms with Crippen LogP contribution in [0.5, 0.6) is 5.75 Å². The highest BCUT2D eigenvalue weighted by Gasteiger charge is 2.18. The summed E-state index contributed by atoms with van der Waals surface area (Å²) in [7, 11) is 0. The van der Waals surface area contributed by atoms with Crippen LogP contribution >= 0.6 is 0 Å². The first kappa shape index (κ1) is 24.6. The molecule has 1 aromatic heterocycles. The molecule has 5 heteroatoms. The van der Waals surface area contributed by atoms with E-state index in [-0.39, 0.29) is 6.61 Å². The molecule has 37 heavy (non-hydrogen) atoms. The molecule has 0 bridgehead atoms. The zero-order valence-electron chi connectivity index (χ0n) is 20.9. The van der Waals surface area contributed by atoms with Crippen LogP contribution in [0.4, 0.5) is 5.69 Å². The Balaban J connectivity index is 1.27. The number of carbonyl (C=O) groups is 1. The number of benzene rings is 3. The van der Waals surface area contributed by atoms with E-state index in [0.29, 0.717) is 30.4 Å². The number of ether oxygens (including phenoxy) is 2. The summed E-state index contributed by atoms with van der Waals surface area (Å²) in [5.41, 5.74) is 5.53. The Hall–Kier alpha value is -4.12. The maximum Gasteiger partial charge on any atom is 0.342 e. The number of esters is 1. The Morgan fingerprint density at radius 2 is 1.54 bits per heavy atom. The number of nitrogens with one attached hydrogen (secondary N) is 1. The van der Waals surface area contributed by atoms with Gasteiger partial charge >= 0.3 is 5.97 Å². The number of aromatic nitrogens is 1. The third kappa shape index (κ3) is 6.76. The summed E-state index contributed by atoms with van der Waals surface area (Å²) in [6.45, 7) is 1.15. The number of anilines is 1. The molecule has 1 aliphatic carbocycles. The summed E-state index contributed by atoms with van der Waals surface area (Å²) in [6.07, 6.45) is 7.19. The Kier molecular flexibility index (Phi) is 8.11. The molecule has 1 fully saturated rings. The standard InChI is InChI=1S/C32H32N2O3/c35-32(37-23-25-11-5-2-6-12-25)30-18-17-28(19-31(30)36-22-24-9-3-1-4-10-24)34-21-29-16-15-27(20-33-29)26-13-7-8-14-26/h1-6,9-12,15-20,26,34H,7-8,13-14,21-23H2. The van der Waals surface area contributed by atoms with Crippen molar-refractivity contribution in [3.63, 3.8) is 0 Å². The van der Waals surface area contributed by atoms with E-state index in [0.717, 1.165) is 22.5 Å². The molecule has 1 aliphatic rings. The molecule has 5 nitrogen and oxygen atoms in total. The molecule has 0 atom stereocenters. The van der Waals surface area contributed by atoms with Crippen LogP contribution in [-0.4, -0.2) is 11.0 Å². The van der Waals surface area contributed by atoms with Gasteiger partial charge in [0, 0.05) is 18.0 Å². The van der Waals surface area contributed by atoms with Crippen LogP contribution in [0.15, 0.2) is 97.2 Å². The van der Waals surface area contributed by atoms with E-state index in [9.17, 15) is 4.79 Å². The quantitative estimate of drug-likeness (QED) is 0.236. The lowest BCUT2D eigenvalue weighted by Gasteiger charge is -2.15. The first-order valence-corrected chi connectivity index (χ1v) is 12.9. The van der Waals surface area contributed by atoms with E-state index in [1.807, 2.05) is 79.0 Å². The predicted molar refractivity (Wildman–Crippen MR) is 146 cm³/mol. The SMILES string of the molecule is O=C(OCc1ccccc1)c1ccc(NCc2ccc(C3CCCC3)cn2)cc1OCc1ccccc1. The molecule has 3 aromatic carbocycles. The summed E-state index contributed by atoms with van der Waals surface area (Å²) in [5, 5.41) is 3.42. The number of rotatable bonds is 10. The van der Waals surface area contributed by atoms with Crippen LogP contribution in [-0.2, 0) is 24.5 Å². The maximum absolute atomic E-state index is 12.9. The van der Waals surface area contributed by atoms with E-state index < -0.39 is 5.97 Å². The lowest BCUT2D eigenvalue weighted by atomic mass is 9.99. The highest BCUT2D eigenvalue weighted by Crippen LogP contribution is 2.33. The minimum atomic E-state index is -0.414. The van der Waals surface area contributed by atoms with Gasteiger partial charge in [-0.05, 0) is 53.6 Å². The molecular weight excluding hydrogens is 460 g/mol. The molecule has 1 saturated carbocycles. The van der Waals surface area contributed by atoms with Crippen molar-refractivity contribution in [3.05, 3.63) is 125 Å². The van der Waals surface area contributed by atoms with E-state index in [1.165, 1.54) is 31.2 Å². The molecule has 0 spiro atoms. The Labute approximate surface area is 218 Å². The van der Waals surface area contributed by atoms with Gasteiger partial charge in [0.15, 0.2) is 0 Å². The van der Waals surface area contributed by atoms with Gasteiger partial charge in [0.05, 0.1) is 12.2 Å². The molecule has 4 aromatic rings. The third-order valence-corrected chi connectivity index (χ3v) is 6.80. The van der Waals surface area contributed by atoms with Gasteiger partial charge in [-0.3, -0.25) is 4.98 Å². The molecule has 0 radical (unpaired) electrons. The predicted octanol–water partition coefficient (Wildman–Crippen LogP) is 7.29. The van der Waals surface area contributed by atoms with E-state index in [1.54, 1.807) is 6.07 Å². The smallest absolute Gasteiger partial charge is 0.342 e. The van der Waals surface area contributed by atoms with Gasteiger partial charge in [0.2, 0.25) is 0 Å². The largest absolute Gasteiger partial charge is 0.488 e. The van der Waals surface area contributed by atoms with Gasteiger partial charge in [-0.1, -0.05) is 79.6 Å². The van der Waals surface area contributed by atoms with Gasteiger partial charge in [-0.2, -0.15) is 0 Å².